The Morgan fingerprint density at radius 3 is 2.80 bits per heavy atom. The van der Waals surface area contributed by atoms with E-state index in [1.54, 1.807) is 13.2 Å². The normalized spacial score (nSPS) is 19.6. The van der Waals surface area contributed by atoms with Crippen molar-refractivity contribution in [2.75, 3.05) is 38.2 Å². The summed E-state index contributed by atoms with van der Waals surface area (Å²) < 4.78 is 28.2. The third-order valence-corrected chi connectivity index (χ3v) is 6.31. The Morgan fingerprint density at radius 2 is 2.20 bits per heavy atom. The van der Waals surface area contributed by atoms with Crippen molar-refractivity contribution in [3.05, 3.63) is 28.8 Å². The van der Waals surface area contributed by atoms with Crippen molar-refractivity contribution in [2.45, 2.75) is 19.8 Å². The molecule has 0 amide bonds. The summed E-state index contributed by atoms with van der Waals surface area (Å²) in [4.78, 5) is 4.52. The zero-order chi connectivity index (χ0) is 18.3. The van der Waals surface area contributed by atoms with Crippen molar-refractivity contribution < 1.29 is 13.2 Å². The number of hydrogen-bond acceptors (Lipinski definition) is 4. The average molecular weight is 388 g/mol. The first-order valence-corrected chi connectivity index (χ1v) is 10.7. The number of ether oxygens (including phenoxy) is 1. The van der Waals surface area contributed by atoms with Gasteiger partial charge in [-0.2, -0.15) is 0 Å². The molecule has 0 bridgehead atoms. The van der Waals surface area contributed by atoms with Crippen LogP contribution in [0.25, 0.3) is 0 Å². The highest BCUT2D eigenvalue weighted by molar-refractivity contribution is 7.91. The molecule has 2 rings (SSSR count). The third-order valence-electron chi connectivity index (χ3n) is 4.13. The summed E-state index contributed by atoms with van der Waals surface area (Å²) in [5.74, 6) is 2.10. The Kier molecular flexibility index (Phi) is 7.38. The molecule has 8 heteroatoms. The molecule has 0 spiro atoms. The fourth-order valence-electron chi connectivity index (χ4n) is 2.75. The smallest absolute Gasteiger partial charge is 0.191 e. The van der Waals surface area contributed by atoms with Gasteiger partial charge < -0.3 is 15.4 Å². The first kappa shape index (κ1) is 19.8. The van der Waals surface area contributed by atoms with Crippen molar-refractivity contribution in [1.82, 2.24) is 10.6 Å². The summed E-state index contributed by atoms with van der Waals surface area (Å²) in [6.07, 6.45) is 1.46. The molecule has 0 saturated carbocycles. The predicted octanol–water partition coefficient (Wildman–Crippen LogP) is 1.88. The van der Waals surface area contributed by atoms with E-state index in [1.165, 1.54) is 0 Å². The second kappa shape index (κ2) is 9.29. The number of nitrogens with one attached hydrogen (secondary N) is 2. The van der Waals surface area contributed by atoms with Crippen molar-refractivity contribution in [3.63, 3.8) is 0 Å². The van der Waals surface area contributed by atoms with E-state index in [-0.39, 0.29) is 17.4 Å². The van der Waals surface area contributed by atoms with Crippen LogP contribution in [0, 0.1) is 5.92 Å². The van der Waals surface area contributed by atoms with Crippen LogP contribution in [0.15, 0.2) is 23.2 Å². The van der Waals surface area contributed by atoms with Gasteiger partial charge in [-0.15, -0.1) is 0 Å². The Morgan fingerprint density at radius 1 is 1.40 bits per heavy atom. The Balaban J connectivity index is 1.85. The van der Waals surface area contributed by atoms with Crippen LogP contribution >= 0.6 is 11.6 Å². The number of sulfone groups is 1. The highest BCUT2D eigenvalue weighted by atomic mass is 35.5. The number of benzene rings is 1. The summed E-state index contributed by atoms with van der Waals surface area (Å²) in [5.41, 5.74) is 1.03. The maximum absolute atomic E-state index is 11.5. The molecule has 1 aromatic rings. The number of halogens is 1. The van der Waals surface area contributed by atoms with Gasteiger partial charge in [-0.25, -0.2) is 8.42 Å². The Hall–Kier alpha value is -1.47. The van der Waals surface area contributed by atoms with Crippen molar-refractivity contribution in [1.29, 1.82) is 0 Å². The van der Waals surface area contributed by atoms with E-state index >= 15 is 0 Å². The van der Waals surface area contributed by atoms with Gasteiger partial charge in [0.05, 0.1) is 18.6 Å². The lowest BCUT2D eigenvalue weighted by Gasteiger charge is -2.13. The van der Waals surface area contributed by atoms with E-state index in [2.05, 4.69) is 15.6 Å². The zero-order valence-corrected chi connectivity index (χ0v) is 16.3. The van der Waals surface area contributed by atoms with Gasteiger partial charge in [0, 0.05) is 24.7 Å². The van der Waals surface area contributed by atoms with E-state index in [9.17, 15) is 8.42 Å². The Bertz CT molecular complexity index is 707. The number of rotatable bonds is 7. The topological polar surface area (TPSA) is 79.8 Å². The summed E-state index contributed by atoms with van der Waals surface area (Å²) >= 11 is 6.25. The molecule has 2 N–H and O–H groups in total. The van der Waals surface area contributed by atoms with Gasteiger partial charge in [0.1, 0.15) is 5.75 Å². The number of aliphatic imine (C=N–C) groups is 1. The van der Waals surface area contributed by atoms with Gasteiger partial charge in [-0.3, -0.25) is 4.99 Å². The molecule has 1 aliphatic rings. The van der Waals surface area contributed by atoms with Gasteiger partial charge in [0.2, 0.25) is 0 Å². The minimum Gasteiger partial charge on any atom is -0.497 e. The molecular formula is C17H26ClN3O3S. The van der Waals surface area contributed by atoms with Gasteiger partial charge in [0.25, 0.3) is 0 Å². The SMILES string of the molecule is CCNC(=NCC1CCS(=O)(=O)C1)NCCc1ccc(OC)cc1Cl. The van der Waals surface area contributed by atoms with Crippen molar-refractivity contribution in [2.24, 2.45) is 10.9 Å². The monoisotopic (exact) mass is 387 g/mol. The quantitative estimate of drug-likeness (QED) is 0.551. The van der Waals surface area contributed by atoms with Crippen LogP contribution in [0.4, 0.5) is 0 Å². The lowest BCUT2D eigenvalue weighted by molar-refractivity contribution is 0.414. The molecule has 140 valence electrons. The van der Waals surface area contributed by atoms with Crippen LogP contribution in [-0.4, -0.2) is 52.6 Å². The van der Waals surface area contributed by atoms with Crippen LogP contribution in [0.3, 0.4) is 0 Å². The van der Waals surface area contributed by atoms with E-state index in [0.29, 0.717) is 30.5 Å². The summed E-state index contributed by atoms with van der Waals surface area (Å²) in [6, 6.07) is 5.65. The standard InChI is InChI=1S/C17H26ClN3O3S/c1-3-19-17(21-11-13-7-9-25(22,23)12-13)20-8-6-14-4-5-15(24-2)10-16(14)18/h4-5,10,13H,3,6-9,11-12H2,1-2H3,(H2,19,20,21). The van der Waals surface area contributed by atoms with Gasteiger partial charge in [-0.1, -0.05) is 17.7 Å². The van der Waals surface area contributed by atoms with Crippen LogP contribution < -0.4 is 15.4 Å². The summed E-state index contributed by atoms with van der Waals surface area (Å²) in [6.45, 7) is 3.95. The lowest BCUT2D eigenvalue weighted by Crippen LogP contribution is -2.38. The third kappa shape index (κ3) is 6.40. The zero-order valence-electron chi connectivity index (χ0n) is 14.7. The molecule has 6 nitrogen and oxygen atoms in total. The predicted molar refractivity (Wildman–Crippen MR) is 102 cm³/mol. The van der Waals surface area contributed by atoms with Crippen LogP contribution in [-0.2, 0) is 16.3 Å². The maximum Gasteiger partial charge on any atom is 0.191 e. The maximum atomic E-state index is 11.5. The molecule has 1 aromatic carbocycles. The van der Waals surface area contributed by atoms with E-state index in [1.807, 2.05) is 19.1 Å². The molecule has 0 radical (unpaired) electrons. The van der Waals surface area contributed by atoms with Crippen LogP contribution in [0.5, 0.6) is 5.75 Å². The molecule has 1 atom stereocenters. The molecule has 1 aliphatic heterocycles. The summed E-state index contributed by atoms with van der Waals surface area (Å²) in [5, 5.41) is 7.13. The minimum atomic E-state index is -2.85. The number of nitrogens with zero attached hydrogens (tertiary/aromatic N) is 1. The molecule has 1 unspecified atom stereocenters. The molecule has 1 heterocycles. The molecule has 1 fully saturated rings. The van der Waals surface area contributed by atoms with Gasteiger partial charge in [-0.05, 0) is 43.4 Å². The minimum absolute atomic E-state index is 0.122. The first-order chi connectivity index (χ1) is 11.9. The lowest BCUT2D eigenvalue weighted by atomic mass is 10.1. The molecule has 25 heavy (non-hydrogen) atoms. The Labute approximate surface area is 154 Å². The van der Waals surface area contributed by atoms with E-state index in [4.69, 9.17) is 16.3 Å². The number of hydrogen-bond donors (Lipinski definition) is 2. The highest BCUT2D eigenvalue weighted by Gasteiger charge is 2.27. The van der Waals surface area contributed by atoms with Crippen molar-refractivity contribution in [3.8, 4) is 5.75 Å². The van der Waals surface area contributed by atoms with Gasteiger partial charge in [0.15, 0.2) is 15.8 Å². The largest absolute Gasteiger partial charge is 0.497 e. The molecule has 0 aromatic heterocycles. The van der Waals surface area contributed by atoms with Gasteiger partial charge >= 0.3 is 0 Å². The highest BCUT2D eigenvalue weighted by Crippen LogP contribution is 2.22. The van der Waals surface area contributed by atoms with E-state index < -0.39 is 9.84 Å². The molecule has 0 aliphatic carbocycles. The average Bonchev–Trinajstić information content (AvgIpc) is 2.93. The number of methoxy groups -OCH3 is 1. The second-order valence-corrected chi connectivity index (χ2v) is 8.76. The molecule has 1 saturated heterocycles. The first-order valence-electron chi connectivity index (χ1n) is 8.48. The summed E-state index contributed by atoms with van der Waals surface area (Å²) in [7, 11) is -1.24. The van der Waals surface area contributed by atoms with Crippen molar-refractivity contribution >= 4 is 27.4 Å². The van der Waals surface area contributed by atoms with Crippen LogP contribution in [0.1, 0.15) is 18.9 Å². The van der Waals surface area contributed by atoms with E-state index in [0.717, 1.165) is 24.3 Å². The fourth-order valence-corrected chi connectivity index (χ4v) is 4.87. The fraction of sp³-hybridized carbons (Fsp3) is 0.588. The molecular weight excluding hydrogens is 362 g/mol. The second-order valence-electron chi connectivity index (χ2n) is 6.12. The van der Waals surface area contributed by atoms with Crippen LogP contribution in [0.2, 0.25) is 5.02 Å². The number of guanidine groups is 1.